The minimum Gasteiger partial charge on any atom is -0.346 e. The lowest BCUT2D eigenvalue weighted by Crippen LogP contribution is -2.52. The predicted octanol–water partition coefficient (Wildman–Crippen LogP) is 2.03. The van der Waals surface area contributed by atoms with Crippen molar-refractivity contribution in [2.45, 2.75) is 37.9 Å². The van der Waals surface area contributed by atoms with Crippen LogP contribution in [0.25, 0.3) is 0 Å². The van der Waals surface area contributed by atoms with E-state index >= 15 is 0 Å². The van der Waals surface area contributed by atoms with Crippen molar-refractivity contribution in [1.82, 2.24) is 15.5 Å². The first kappa shape index (κ1) is 23.7. The van der Waals surface area contributed by atoms with E-state index in [9.17, 15) is 28.0 Å². The zero-order valence-corrected chi connectivity index (χ0v) is 17.6. The number of nitrogens with one attached hydrogen (secondary N) is 2. The highest BCUT2D eigenvalue weighted by molar-refractivity contribution is 6.05. The molecule has 0 radical (unpaired) electrons. The van der Waals surface area contributed by atoms with Crippen molar-refractivity contribution in [3.8, 4) is 0 Å². The second-order valence-corrected chi connectivity index (χ2v) is 7.45. The van der Waals surface area contributed by atoms with Crippen LogP contribution in [0.15, 0.2) is 60.3 Å². The monoisotopic (exact) mass is 456 g/mol. The van der Waals surface area contributed by atoms with Gasteiger partial charge in [0.15, 0.2) is 0 Å². The maximum absolute atomic E-state index is 14.5. The van der Waals surface area contributed by atoms with Crippen molar-refractivity contribution < 1.29 is 28.0 Å². The number of rotatable bonds is 8. The SMILES string of the molecule is C=CC=N/C(=C\C=C)C(F)(F)C(=O)NCc1ccc2c(c1)CN(C1CCC(=O)NC1=O)C2=O. The molecule has 1 fully saturated rings. The van der Waals surface area contributed by atoms with Crippen molar-refractivity contribution in [3.63, 3.8) is 0 Å². The summed E-state index contributed by atoms with van der Waals surface area (Å²) in [4.78, 5) is 53.3. The Morgan fingerprint density at radius 3 is 2.70 bits per heavy atom. The lowest BCUT2D eigenvalue weighted by Gasteiger charge is -2.29. The fourth-order valence-corrected chi connectivity index (χ4v) is 3.62. The molecular weight excluding hydrogens is 434 g/mol. The molecule has 2 aliphatic heterocycles. The number of imide groups is 1. The van der Waals surface area contributed by atoms with E-state index in [1.807, 2.05) is 0 Å². The van der Waals surface area contributed by atoms with Gasteiger partial charge in [-0.1, -0.05) is 37.4 Å². The highest BCUT2D eigenvalue weighted by Crippen LogP contribution is 2.29. The lowest BCUT2D eigenvalue weighted by atomic mass is 10.0. The molecule has 4 amide bonds. The molecule has 2 heterocycles. The van der Waals surface area contributed by atoms with Crippen molar-refractivity contribution in [2.75, 3.05) is 0 Å². The maximum atomic E-state index is 14.5. The molecule has 1 aromatic rings. The van der Waals surface area contributed by atoms with E-state index in [1.54, 1.807) is 12.1 Å². The summed E-state index contributed by atoms with van der Waals surface area (Å²) in [6.07, 6.45) is 4.66. The molecule has 8 nitrogen and oxygen atoms in total. The molecule has 172 valence electrons. The number of hydrogen-bond donors (Lipinski definition) is 2. The summed E-state index contributed by atoms with van der Waals surface area (Å²) in [7, 11) is 0. The number of fused-ring (bicyclic) bond motifs is 1. The van der Waals surface area contributed by atoms with Crippen LogP contribution in [0.5, 0.6) is 0 Å². The number of aliphatic imine (C=N–C) groups is 1. The molecule has 0 saturated carbocycles. The Bertz CT molecular complexity index is 1090. The van der Waals surface area contributed by atoms with Gasteiger partial charge in [-0.2, -0.15) is 8.78 Å². The topological polar surface area (TPSA) is 108 Å². The Kier molecular flexibility index (Phi) is 6.95. The highest BCUT2D eigenvalue weighted by Gasteiger charge is 2.43. The van der Waals surface area contributed by atoms with Gasteiger partial charge in [0.1, 0.15) is 11.7 Å². The van der Waals surface area contributed by atoms with Crippen LogP contribution in [0, 0.1) is 0 Å². The van der Waals surface area contributed by atoms with Crippen molar-refractivity contribution >= 4 is 29.8 Å². The molecule has 1 aromatic carbocycles. The number of carbonyl (C=O) groups excluding carboxylic acids is 4. The molecule has 2 N–H and O–H groups in total. The molecule has 1 saturated heterocycles. The molecule has 1 unspecified atom stereocenters. The summed E-state index contributed by atoms with van der Waals surface area (Å²) in [5, 5.41) is 4.41. The Labute approximate surface area is 188 Å². The van der Waals surface area contributed by atoms with Crippen LogP contribution in [0.2, 0.25) is 0 Å². The molecular formula is C23H22F2N4O4. The zero-order chi connectivity index (χ0) is 24.2. The van der Waals surface area contributed by atoms with Crippen LogP contribution in [0.3, 0.4) is 0 Å². The van der Waals surface area contributed by atoms with E-state index < -0.39 is 29.5 Å². The lowest BCUT2D eigenvalue weighted by molar-refractivity contribution is -0.141. The standard InChI is InChI=1S/C23H22F2N4O4/c1-3-5-18(26-10-4-2)23(24,25)22(33)27-12-14-6-7-16-15(11-14)13-29(21(16)32)17-8-9-19(30)28-20(17)31/h3-7,10-11,17H,1-2,8-9,12-13H2,(H,27,33)(H,28,30,31)/b18-5-,26-10?. The van der Waals surface area contributed by atoms with E-state index in [4.69, 9.17) is 0 Å². The number of benzene rings is 1. The predicted molar refractivity (Wildman–Crippen MR) is 116 cm³/mol. The molecule has 33 heavy (non-hydrogen) atoms. The summed E-state index contributed by atoms with van der Waals surface area (Å²) in [5.41, 5.74) is 0.704. The number of allylic oxidation sites excluding steroid dienone is 3. The van der Waals surface area contributed by atoms with Gasteiger partial charge in [0.05, 0.1) is 0 Å². The molecule has 3 rings (SSSR count). The van der Waals surface area contributed by atoms with Gasteiger partial charge in [0, 0.05) is 31.3 Å². The van der Waals surface area contributed by atoms with Gasteiger partial charge in [-0.25, -0.2) is 0 Å². The van der Waals surface area contributed by atoms with Gasteiger partial charge < -0.3 is 10.2 Å². The molecule has 0 aliphatic carbocycles. The Morgan fingerprint density at radius 1 is 1.27 bits per heavy atom. The number of piperidine rings is 1. The van der Waals surface area contributed by atoms with Gasteiger partial charge in [0.25, 0.3) is 11.8 Å². The molecule has 10 heteroatoms. The summed E-state index contributed by atoms with van der Waals surface area (Å²) < 4.78 is 29.0. The largest absolute Gasteiger partial charge is 0.366 e. The summed E-state index contributed by atoms with van der Waals surface area (Å²) in [6.45, 7) is 6.64. The third kappa shape index (κ3) is 4.94. The molecule has 0 aromatic heterocycles. The van der Waals surface area contributed by atoms with Crippen molar-refractivity contribution in [1.29, 1.82) is 0 Å². The first-order valence-corrected chi connectivity index (χ1v) is 10.1. The van der Waals surface area contributed by atoms with E-state index in [0.717, 1.165) is 18.4 Å². The summed E-state index contributed by atoms with van der Waals surface area (Å²) in [5.74, 6) is -6.69. The van der Waals surface area contributed by atoms with Gasteiger partial charge in [0.2, 0.25) is 11.8 Å². The molecule has 1 atom stereocenters. The number of carbonyl (C=O) groups is 4. The number of amides is 4. The second kappa shape index (κ2) is 9.68. The molecule has 2 aliphatic rings. The van der Waals surface area contributed by atoms with Crippen LogP contribution < -0.4 is 10.6 Å². The maximum Gasteiger partial charge on any atom is 0.366 e. The van der Waals surface area contributed by atoms with Gasteiger partial charge in [-0.15, -0.1) is 0 Å². The van der Waals surface area contributed by atoms with Crippen LogP contribution in [-0.2, 0) is 27.5 Å². The first-order valence-electron chi connectivity index (χ1n) is 10.1. The number of alkyl halides is 2. The highest BCUT2D eigenvalue weighted by atomic mass is 19.3. The number of hydrogen-bond acceptors (Lipinski definition) is 5. The minimum absolute atomic E-state index is 0.140. The van der Waals surface area contributed by atoms with E-state index in [-0.39, 0.29) is 37.7 Å². The summed E-state index contributed by atoms with van der Waals surface area (Å²) >= 11 is 0. The average molecular weight is 456 g/mol. The third-order valence-electron chi connectivity index (χ3n) is 5.24. The normalized spacial score (nSPS) is 18.8. The van der Waals surface area contributed by atoms with Crippen LogP contribution in [-0.4, -0.2) is 46.7 Å². The first-order chi connectivity index (χ1) is 15.7. The zero-order valence-electron chi connectivity index (χ0n) is 17.6. The van der Waals surface area contributed by atoms with Crippen molar-refractivity contribution in [3.05, 3.63) is 72.0 Å². The third-order valence-corrected chi connectivity index (χ3v) is 5.24. The fourth-order valence-electron chi connectivity index (χ4n) is 3.62. The van der Waals surface area contributed by atoms with E-state index in [2.05, 4.69) is 28.8 Å². The van der Waals surface area contributed by atoms with Gasteiger partial charge in [-0.3, -0.25) is 29.5 Å². The van der Waals surface area contributed by atoms with E-state index in [0.29, 0.717) is 16.7 Å². The van der Waals surface area contributed by atoms with Gasteiger partial charge >= 0.3 is 5.92 Å². The average Bonchev–Trinajstić information content (AvgIpc) is 3.10. The van der Waals surface area contributed by atoms with Gasteiger partial charge in [-0.05, 0) is 29.7 Å². The van der Waals surface area contributed by atoms with Crippen LogP contribution in [0.4, 0.5) is 8.78 Å². The number of halogens is 2. The smallest absolute Gasteiger partial charge is 0.346 e. The van der Waals surface area contributed by atoms with E-state index in [1.165, 1.54) is 17.0 Å². The fraction of sp³-hybridized carbons (Fsp3) is 0.261. The minimum atomic E-state index is -3.90. The quantitative estimate of drug-likeness (QED) is 0.355. The van der Waals surface area contributed by atoms with Crippen molar-refractivity contribution in [2.24, 2.45) is 4.99 Å². The van der Waals surface area contributed by atoms with Crippen LogP contribution in [0.1, 0.15) is 34.3 Å². The molecule has 0 spiro atoms. The molecule has 0 bridgehead atoms. The number of nitrogens with zero attached hydrogens (tertiary/aromatic N) is 2. The van der Waals surface area contributed by atoms with Crippen LogP contribution >= 0.6 is 0 Å². The second-order valence-electron chi connectivity index (χ2n) is 7.45. The Hall–Kier alpha value is -3.95. The Morgan fingerprint density at radius 2 is 2.03 bits per heavy atom. The summed E-state index contributed by atoms with van der Waals surface area (Å²) in [6, 6.07) is 3.93. The Balaban J connectivity index is 1.69.